The molecule has 3 aliphatic rings. The van der Waals surface area contributed by atoms with Gasteiger partial charge in [-0.3, -0.25) is 14.9 Å². The molecule has 0 aromatic heterocycles. The highest BCUT2D eigenvalue weighted by Crippen LogP contribution is 2.50. The van der Waals surface area contributed by atoms with Gasteiger partial charge in [0.25, 0.3) is 11.8 Å². The fraction of sp³-hybridized carbons (Fsp3) is 0.205. The van der Waals surface area contributed by atoms with Crippen LogP contribution < -0.4 is 24.6 Å². The first-order chi connectivity index (χ1) is 25.5. The van der Waals surface area contributed by atoms with Gasteiger partial charge in [0.15, 0.2) is 11.5 Å². The number of hydrogen-bond acceptors (Lipinski definition) is 6. The minimum absolute atomic E-state index is 0.0832. The van der Waals surface area contributed by atoms with Gasteiger partial charge in [0, 0.05) is 30.6 Å². The van der Waals surface area contributed by atoms with E-state index < -0.39 is 17.8 Å². The first-order valence-electron chi connectivity index (χ1n) is 17.9. The van der Waals surface area contributed by atoms with Crippen molar-refractivity contribution in [1.29, 1.82) is 0 Å². The van der Waals surface area contributed by atoms with Crippen molar-refractivity contribution in [3.8, 4) is 11.5 Å². The molecule has 0 aliphatic carbocycles. The van der Waals surface area contributed by atoms with Crippen LogP contribution in [0.15, 0.2) is 127 Å². The topological polar surface area (TPSA) is 88.2 Å². The number of nitrogens with zero attached hydrogens (tertiary/aromatic N) is 2. The molecule has 8 rings (SSSR count). The molecule has 0 saturated carbocycles. The van der Waals surface area contributed by atoms with E-state index in [1.165, 1.54) is 22.9 Å². The summed E-state index contributed by atoms with van der Waals surface area (Å²) in [5.74, 6) is -0.230. The number of carbonyl (C=O) groups is 3. The van der Waals surface area contributed by atoms with E-state index in [1.807, 2.05) is 85.8 Å². The van der Waals surface area contributed by atoms with Crippen LogP contribution in [0.2, 0.25) is 0 Å². The van der Waals surface area contributed by atoms with Crippen molar-refractivity contribution >= 4 is 35.3 Å². The number of nitrogens with one attached hydrogen (secondary N) is 1. The highest BCUT2D eigenvalue weighted by molar-refractivity contribution is 6.39. The third kappa shape index (κ3) is 6.32. The molecule has 5 aromatic rings. The maximum Gasteiger partial charge on any atom is 0.335 e. The number of amides is 4. The van der Waals surface area contributed by atoms with E-state index in [4.69, 9.17) is 9.47 Å². The van der Waals surface area contributed by atoms with Crippen molar-refractivity contribution in [2.24, 2.45) is 0 Å². The predicted molar refractivity (Wildman–Crippen MR) is 202 cm³/mol. The average Bonchev–Trinajstić information content (AvgIpc) is 3.17. The summed E-state index contributed by atoms with van der Waals surface area (Å²) in [7, 11) is 0. The normalized spacial score (nSPS) is 18.9. The summed E-state index contributed by atoms with van der Waals surface area (Å²) in [5.41, 5.74) is 7.60. The van der Waals surface area contributed by atoms with Crippen LogP contribution in [-0.2, 0) is 16.2 Å². The molecule has 8 nitrogen and oxygen atoms in total. The van der Waals surface area contributed by atoms with Crippen LogP contribution in [0.25, 0.3) is 6.08 Å². The van der Waals surface area contributed by atoms with Gasteiger partial charge in [-0.25, -0.2) is 9.69 Å². The monoisotopic (exact) mass is 689 g/mol. The Labute approximate surface area is 303 Å². The fourth-order valence-corrected chi connectivity index (χ4v) is 7.76. The van der Waals surface area contributed by atoms with Gasteiger partial charge in [0.1, 0.15) is 12.2 Å². The Morgan fingerprint density at radius 1 is 0.712 bits per heavy atom. The van der Waals surface area contributed by atoms with Gasteiger partial charge in [-0.2, -0.15) is 0 Å². The molecule has 3 heterocycles. The van der Waals surface area contributed by atoms with Gasteiger partial charge in [-0.1, -0.05) is 97.1 Å². The van der Waals surface area contributed by atoms with Crippen LogP contribution >= 0.6 is 0 Å². The average molecular weight is 690 g/mol. The quantitative estimate of drug-likeness (QED) is 0.124. The van der Waals surface area contributed by atoms with E-state index in [0.29, 0.717) is 36.0 Å². The van der Waals surface area contributed by atoms with Crippen molar-refractivity contribution in [1.82, 2.24) is 5.32 Å². The van der Waals surface area contributed by atoms with Crippen molar-refractivity contribution in [3.63, 3.8) is 0 Å². The molecule has 1 saturated heterocycles. The molecule has 0 radical (unpaired) electrons. The van der Waals surface area contributed by atoms with Crippen LogP contribution in [0.5, 0.6) is 11.5 Å². The molecule has 260 valence electrons. The zero-order chi connectivity index (χ0) is 35.6. The van der Waals surface area contributed by atoms with Gasteiger partial charge >= 0.3 is 6.03 Å². The number of hydrogen-bond donors (Lipinski definition) is 1. The molecule has 0 bridgehead atoms. The number of ether oxygens (including phenoxy) is 2. The van der Waals surface area contributed by atoms with Crippen molar-refractivity contribution in [2.45, 2.75) is 38.2 Å². The highest BCUT2D eigenvalue weighted by atomic mass is 16.5. The number of barbiturate groups is 1. The smallest absolute Gasteiger partial charge is 0.335 e. The van der Waals surface area contributed by atoms with Gasteiger partial charge < -0.3 is 14.4 Å². The maximum absolute atomic E-state index is 14.3. The molecule has 1 fully saturated rings. The Hall–Kier alpha value is -6.15. The summed E-state index contributed by atoms with van der Waals surface area (Å²) in [6.45, 7) is 4.48. The van der Waals surface area contributed by atoms with Crippen LogP contribution in [-0.4, -0.2) is 37.5 Å². The molecule has 52 heavy (non-hydrogen) atoms. The van der Waals surface area contributed by atoms with E-state index in [-0.39, 0.29) is 17.4 Å². The summed E-state index contributed by atoms with van der Waals surface area (Å²) in [5, 5.41) is 2.44. The van der Waals surface area contributed by atoms with Gasteiger partial charge in [-0.05, 0) is 83.5 Å². The van der Waals surface area contributed by atoms with Crippen LogP contribution in [0, 0.1) is 0 Å². The Kier molecular flexibility index (Phi) is 9.04. The lowest BCUT2D eigenvalue weighted by molar-refractivity contribution is -0.122. The van der Waals surface area contributed by atoms with Gasteiger partial charge in [-0.15, -0.1) is 0 Å². The molecule has 2 atom stereocenters. The summed E-state index contributed by atoms with van der Waals surface area (Å²) < 4.78 is 12.0. The minimum atomic E-state index is -0.769. The van der Waals surface area contributed by atoms with Crippen molar-refractivity contribution in [3.05, 3.63) is 160 Å². The summed E-state index contributed by atoms with van der Waals surface area (Å²) in [6.07, 6.45) is 3.32. The standard InChI is InChI=1S/C44H39N3O5/c1-2-51-40-25-30(18-19-39(40)52-28-29-12-6-3-7-13-29)24-38-42(48)45-44(50)47(43(38)49)33-26-36-34(31-14-8-4-9-15-31)20-22-46-23-21-35(37(27-33)41(36)46)32-16-10-5-11-17-32/h3-19,24-27,34-35H,2,20-23,28H2,1H3,(H,45,48,50)/b38-24+/t34-,35+. The third-order valence-corrected chi connectivity index (χ3v) is 10.2. The Balaban J connectivity index is 1.18. The number of carbonyl (C=O) groups excluding carboxylic acids is 3. The Morgan fingerprint density at radius 3 is 1.90 bits per heavy atom. The maximum atomic E-state index is 14.3. The molecular weight excluding hydrogens is 651 g/mol. The molecule has 4 amide bonds. The lowest BCUT2D eigenvalue weighted by Crippen LogP contribution is -2.54. The highest BCUT2D eigenvalue weighted by Gasteiger charge is 2.40. The van der Waals surface area contributed by atoms with Crippen LogP contribution in [0.3, 0.4) is 0 Å². The molecular formula is C44H39N3O5. The molecule has 1 N–H and O–H groups in total. The minimum Gasteiger partial charge on any atom is -0.490 e. The molecule has 0 spiro atoms. The number of benzene rings is 5. The van der Waals surface area contributed by atoms with E-state index in [0.717, 1.165) is 47.5 Å². The Bertz CT molecular complexity index is 2090. The van der Waals surface area contributed by atoms with E-state index in [2.05, 4.69) is 34.5 Å². The third-order valence-electron chi connectivity index (χ3n) is 10.2. The number of urea groups is 1. The number of rotatable bonds is 9. The number of imide groups is 2. The first kappa shape index (κ1) is 33.0. The van der Waals surface area contributed by atoms with Gasteiger partial charge in [0.05, 0.1) is 12.3 Å². The van der Waals surface area contributed by atoms with E-state index in [1.54, 1.807) is 18.2 Å². The SMILES string of the molecule is CCOc1cc(/C=C2\C(=O)NC(=O)N(c3cc4c5c(c3)[C@H](c3ccccc3)CCN5CC[C@@H]4c3ccccc3)C2=O)ccc1OCc1ccccc1. The fourth-order valence-electron chi connectivity index (χ4n) is 7.76. The van der Waals surface area contributed by atoms with Gasteiger partial charge in [0.2, 0.25) is 0 Å². The lowest BCUT2D eigenvalue weighted by atomic mass is 9.76. The summed E-state index contributed by atoms with van der Waals surface area (Å²) in [6, 6.07) is 39.1. The van der Waals surface area contributed by atoms with Crippen molar-refractivity contribution < 1.29 is 23.9 Å². The van der Waals surface area contributed by atoms with Crippen LogP contribution in [0.4, 0.5) is 16.2 Å². The summed E-state index contributed by atoms with van der Waals surface area (Å²) in [4.78, 5) is 44.8. The van der Waals surface area contributed by atoms with E-state index >= 15 is 0 Å². The largest absolute Gasteiger partial charge is 0.490 e. The summed E-state index contributed by atoms with van der Waals surface area (Å²) >= 11 is 0. The molecule has 5 aromatic carbocycles. The molecule has 8 heteroatoms. The predicted octanol–water partition coefficient (Wildman–Crippen LogP) is 8.21. The van der Waals surface area contributed by atoms with Crippen molar-refractivity contribution in [2.75, 3.05) is 29.5 Å². The first-order valence-corrected chi connectivity index (χ1v) is 17.9. The zero-order valence-corrected chi connectivity index (χ0v) is 29.0. The van der Waals surface area contributed by atoms with E-state index in [9.17, 15) is 14.4 Å². The number of anilines is 2. The second kappa shape index (κ2) is 14.2. The zero-order valence-electron chi connectivity index (χ0n) is 29.0. The second-order valence-corrected chi connectivity index (χ2v) is 13.3. The molecule has 3 aliphatic heterocycles. The molecule has 0 unspecified atom stereocenters. The second-order valence-electron chi connectivity index (χ2n) is 13.3. The van der Waals surface area contributed by atoms with Crippen LogP contribution in [0.1, 0.15) is 65.0 Å². The lowest BCUT2D eigenvalue weighted by Gasteiger charge is -2.44. The Morgan fingerprint density at radius 2 is 1.31 bits per heavy atom.